The molecule has 118 valence electrons. The van der Waals surface area contributed by atoms with Crippen molar-refractivity contribution in [3.05, 3.63) is 54.4 Å². The molecule has 0 radical (unpaired) electrons. The van der Waals surface area contributed by atoms with Crippen LogP contribution >= 0.6 is 0 Å². The molecule has 2 rings (SSSR count). The number of benzene rings is 1. The van der Waals surface area contributed by atoms with Gasteiger partial charge in [-0.05, 0) is 61.9 Å². The van der Waals surface area contributed by atoms with Gasteiger partial charge in [0.25, 0.3) is 0 Å². The third-order valence-electron chi connectivity index (χ3n) is 3.54. The Morgan fingerprint density at radius 3 is 2.09 bits per heavy atom. The van der Waals surface area contributed by atoms with Crippen molar-refractivity contribution >= 4 is 0 Å². The lowest BCUT2D eigenvalue weighted by atomic mass is 10.2. The second-order valence-corrected chi connectivity index (χ2v) is 5.30. The SMILES string of the molecule is CCc1ccc(OCCCCCCOc2cccnc2)cc1. The standard InChI is InChI=1S/C19H25NO2/c1-2-17-9-11-18(12-10-17)21-14-5-3-4-6-15-22-19-8-7-13-20-16-19/h7-13,16H,2-6,14-15H2,1H3. The number of ether oxygens (including phenoxy) is 2. The smallest absolute Gasteiger partial charge is 0.137 e. The van der Waals surface area contributed by atoms with Gasteiger partial charge in [0.05, 0.1) is 19.4 Å². The zero-order chi connectivity index (χ0) is 15.5. The first-order valence-electron chi connectivity index (χ1n) is 8.13. The largest absolute Gasteiger partial charge is 0.494 e. The summed E-state index contributed by atoms with van der Waals surface area (Å²) in [6.07, 6.45) is 9.06. The van der Waals surface area contributed by atoms with Gasteiger partial charge in [0.1, 0.15) is 11.5 Å². The van der Waals surface area contributed by atoms with E-state index in [1.165, 1.54) is 18.4 Å². The Morgan fingerprint density at radius 1 is 0.818 bits per heavy atom. The topological polar surface area (TPSA) is 31.4 Å². The molecule has 1 heterocycles. The van der Waals surface area contributed by atoms with Gasteiger partial charge in [-0.1, -0.05) is 19.1 Å². The highest BCUT2D eigenvalue weighted by molar-refractivity contribution is 5.27. The van der Waals surface area contributed by atoms with Crippen LogP contribution in [0.15, 0.2) is 48.8 Å². The summed E-state index contributed by atoms with van der Waals surface area (Å²) in [6, 6.07) is 12.2. The number of hydrogen-bond donors (Lipinski definition) is 0. The van der Waals surface area contributed by atoms with Crippen LogP contribution in [0.5, 0.6) is 11.5 Å². The van der Waals surface area contributed by atoms with E-state index < -0.39 is 0 Å². The van der Waals surface area contributed by atoms with Gasteiger partial charge in [0.15, 0.2) is 0 Å². The minimum Gasteiger partial charge on any atom is -0.494 e. The van der Waals surface area contributed by atoms with Crippen molar-refractivity contribution in [1.29, 1.82) is 0 Å². The number of nitrogens with zero attached hydrogens (tertiary/aromatic N) is 1. The van der Waals surface area contributed by atoms with E-state index in [2.05, 4.69) is 36.2 Å². The van der Waals surface area contributed by atoms with Crippen molar-refractivity contribution in [3.8, 4) is 11.5 Å². The first-order chi connectivity index (χ1) is 10.9. The van der Waals surface area contributed by atoms with Gasteiger partial charge in [-0.25, -0.2) is 0 Å². The van der Waals surface area contributed by atoms with Crippen molar-refractivity contribution in [3.63, 3.8) is 0 Å². The molecule has 2 aromatic rings. The Morgan fingerprint density at radius 2 is 1.50 bits per heavy atom. The molecule has 0 saturated carbocycles. The van der Waals surface area contributed by atoms with Crippen molar-refractivity contribution in [2.24, 2.45) is 0 Å². The van der Waals surface area contributed by atoms with E-state index in [-0.39, 0.29) is 0 Å². The Balaban J connectivity index is 1.47. The van der Waals surface area contributed by atoms with Gasteiger partial charge in [0.2, 0.25) is 0 Å². The van der Waals surface area contributed by atoms with E-state index in [1.54, 1.807) is 12.4 Å². The van der Waals surface area contributed by atoms with Crippen LogP contribution < -0.4 is 9.47 Å². The molecule has 0 saturated heterocycles. The highest BCUT2D eigenvalue weighted by atomic mass is 16.5. The van der Waals surface area contributed by atoms with Crippen LogP contribution in [0.2, 0.25) is 0 Å². The van der Waals surface area contributed by atoms with Crippen LogP contribution in [-0.4, -0.2) is 18.2 Å². The highest BCUT2D eigenvalue weighted by Crippen LogP contribution is 2.13. The van der Waals surface area contributed by atoms with Crippen molar-refractivity contribution in [2.75, 3.05) is 13.2 Å². The summed E-state index contributed by atoms with van der Waals surface area (Å²) in [4.78, 5) is 4.02. The highest BCUT2D eigenvalue weighted by Gasteiger charge is 1.96. The summed E-state index contributed by atoms with van der Waals surface area (Å²) in [5.74, 6) is 1.82. The van der Waals surface area contributed by atoms with Gasteiger partial charge in [0, 0.05) is 6.20 Å². The lowest BCUT2D eigenvalue weighted by Crippen LogP contribution is -2.00. The number of pyridine rings is 1. The number of aromatic nitrogens is 1. The molecule has 0 aliphatic heterocycles. The van der Waals surface area contributed by atoms with Crippen molar-refractivity contribution in [1.82, 2.24) is 4.98 Å². The summed E-state index contributed by atoms with van der Waals surface area (Å²) in [5.41, 5.74) is 1.35. The minimum absolute atomic E-state index is 0.755. The zero-order valence-electron chi connectivity index (χ0n) is 13.3. The average Bonchev–Trinajstić information content (AvgIpc) is 2.59. The summed E-state index contributed by atoms with van der Waals surface area (Å²) < 4.78 is 11.4. The number of hydrogen-bond acceptors (Lipinski definition) is 3. The molecule has 0 fully saturated rings. The first kappa shape index (κ1) is 16.3. The van der Waals surface area contributed by atoms with E-state index in [0.717, 1.165) is 44.0 Å². The number of rotatable bonds is 10. The molecule has 0 amide bonds. The molecule has 0 atom stereocenters. The molecule has 22 heavy (non-hydrogen) atoms. The molecule has 1 aromatic carbocycles. The van der Waals surface area contributed by atoms with Crippen molar-refractivity contribution < 1.29 is 9.47 Å². The van der Waals surface area contributed by atoms with E-state index in [1.807, 2.05) is 12.1 Å². The Kier molecular flexibility index (Phi) is 7.30. The number of aryl methyl sites for hydroxylation is 1. The van der Waals surface area contributed by atoms with Gasteiger partial charge in [-0.15, -0.1) is 0 Å². The van der Waals surface area contributed by atoms with Crippen LogP contribution in [0.25, 0.3) is 0 Å². The Labute approximate surface area is 133 Å². The zero-order valence-corrected chi connectivity index (χ0v) is 13.3. The molecule has 0 aliphatic carbocycles. The first-order valence-corrected chi connectivity index (χ1v) is 8.13. The molecule has 0 unspecified atom stereocenters. The quantitative estimate of drug-likeness (QED) is 0.598. The fraction of sp³-hybridized carbons (Fsp3) is 0.421. The molecule has 0 spiro atoms. The molecule has 0 bridgehead atoms. The van der Waals surface area contributed by atoms with Gasteiger partial charge < -0.3 is 9.47 Å². The molecular weight excluding hydrogens is 274 g/mol. The maximum absolute atomic E-state index is 5.74. The molecule has 0 aliphatic rings. The maximum Gasteiger partial charge on any atom is 0.137 e. The third kappa shape index (κ3) is 6.17. The van der Waals surface area contributed by atoms with Crippen LogP contribution in [-0.2, 0) is 6.42 Å². The predicted octanol–water partition coefficient (Wildman–Crippen LogP) is 4.66. The monoisotopic (exact) mass is 299 g/mol. The molecule has 1 aromatic heterocycles. The fourth-order valence-electron chi connectivity index (χ4n) is 2.19. The molecule has 3 heteroatoms. The third-order valence-corrected chi connectivity index (χ3v) is 3.54. The van der Waals surface area contributed by atoms with Gasteiger partial charge >= 0.3 is 0 Å². The van der Waals surface area contributed by atoms with Gasteiger partial charge in [-0.2, -0.15) is 0 Å². The Hall–Kier alpha value is -2.03. The molecule has 0 N–H and O–H groups in total. The second-order valence-electron chi connectivity index (χ2n) is 5.30. The van der Waals surface area contributed by atoms with Crippen LogP contribution in [0.4, 0.5) is 0 Å². The van der Waals surface area contributed by atoms with E-state index in [0.29, 0.717) is 0 Å². The van der Waals surface area contributed by atoms with Crippen LogP contribution in [0, 0.1) is 0 Å². The van der Waals surface area contributed by atoms with E-state index >= 15 is 0 Å². The molecule has 3 nitrogen and oxygen atoms in total. The Bertz CT molecular complexity index is 511. The average molecular weight is 299 g/mol. The second kappa shape index (κ2) is 9.82. The lowest BCUT2D eigenvalue weighted by molar-refractivity contribution is 0.287. The predicted molar refractivity (Wildman–Crippen MR) is 89.5 cm³/mol. The summed E-state index contributed by atoms with van der Waals surface area (Å²) in [6.45, 7) is 3.70. The fourth-order valence-corrected chi connectivity index (χ4v) is 2.19. The lowest BCUT2D eigenvalue weighted by Gasteiger charge is -2.07. The summed E-state index contributed by atoms with van der Waals surface area (Å²) in [5, 5.41) is 0. The number of unbranched alkanes of at least 4 members (excludes halogenated alkanes) is 3. The van der Waals surface area contributed by atoms with E-state index in [9.17, 15) is 0 Å². The van der Waals surface area contributed by atoms with Crippen molar-refractivity contribution in [2.45, 2.75) is 39.0 Å². The maximum atomic E-state index is 5.74. The summed E-state index contributed by atoms with van der Waals surface area (Å²) >= 11 is 0. The summed E-state index contributed by atoms with van der Waals surface area (Å²) in [7, 11) is 0. The van der Waals surface area contributed by atoms with Crippen LogP contribution in [0.1, 0.15) is 38.2 Å². The van der Waals surface area contributed by atoms with Crippen LogP contribution in [0.3, 0.4) is 0 Å². The molecular formula is C19H25NO2. The normalized spacial score (nSPS) is 10.4. The minimum atomic E-state index is 0.755. The van der Waals surface area contributed by atoms with E-state index in [4.69, 9.17) is 9.47 Å². The van der Waals surface area contributed by atoms with Gasteiger partial charge in [-0.3, -0.25) is 4.98 Å².